The minimum atomic E-state index is -0.213. The van der Waals surface area contributed by atoms with Crippen LogP contribution >= 0.6 is 11.3 Å². The zero-order valence-corrected chi connectivity index (χ0v) is 12.8. The second-order valence-electron chi connectivity index (χ2n) is 4.13. The van der Waals surface area contributed by atoms with Crippen molar-refractivity contribution in [3.8, 4) is 0 Å². The maximum Gasteiger partial charge on any atom is 0.173 e. The van der Waals surface area contributed by atoms with E-state index < -0.39 is 0 Å². The Bertz CT molecular complexity index is 329. The molecule has 0 aliphatic rings. The van der Waals surface area contributed by atoms with Gasteiger partial charge in [-0.15, -0.1) is 11.3 Å². The minimum absolute atomic E-state index is 0.134. The first-order valence-corrected chi connectivity index (χ1v) is 7.27. The van der Waals surface area contributed by atoms with E-state index >= 15 is 0 Å². The van der Waals surface area contributed by atoms with Gasteiger partial charge in [0.15, 0.2) is 6.29 Å². The average molecular weight is 272 g/mol. The summed E-state index contributed by atoms with van der Waals surface area (Å²) in [7, 11) is 1.93. The average Bonchev–Trinajstić information content (AvgIpc) is 2.65. The molecule has 1 N–H and O–H groups in total. The number of nitrogens with zero attached hydrogens (tertiary/aromatic N) is 1. The van der Waals surface area contributed by atoms with Gasteiger partial charge in [0.25, 0.3) is 0 Å². The van der Waals surface area contributed by atoms with Gasteiger partial charge in [-0.3, -0.25) is 0 Å². The van der Waals surface area contributed by atoms with Crippen LogP contribution in [-0.4, -0.2) is 37.6 Å². The molecule has 1 heterocycles. The molecule has 1 aromatic heterocycles. The Morgan fingerprint density at radius 3 is 2.22 bits per heavy atom. The predicted molar refractivity (Wildman–Crippen MR) is 75.2 cm³/mol. The van der Waals surface area contributed by atoms with E-state index in [1.807, 2.05) is 27.8 Å². The van der Waals surface area contributed by atoms with E-state index in [9.17, 15) is 0 Å². The summed E-state index contributed by atoms with van der Waals surface area (Å²) in [6.07, 6.45) is 0.620. The van der Waals surface area contributed by atoms with E-state index in [0.29, 0.717) is 13.2 Å². The lowest BCUT2D eigenvalue weighted by atomic mass is 10.2. The molecule has 0 saturated heterocycles. The SMILES string of the molecule is CCOC(OCC)C(Cc1nc(C)c(C)s1)NC. The molecule has 1 rings (SSSR count). The molecular formula is C13H24N2O2S. The molecule has 18 heavy (non-hydrogen) atoms. The van der Waals surface area contributed by atoms with Gasteiger partial charge in [-0.1, -0.05) is 0 Å². The fourth-order valence-corrected chi connectivity index (χ4v) is 2.75. The smallest absolute Gasteiger partial charge is 0.173 e. The standard InChI is InChI=1S/C13H24N2O2S/c1-6-16-13(17-7-2)11(14-5)8-12-15-9(3)10(4)18-12/h11,13-14H,6-8H2,1-5H3. The summed E-state index contributed by atoms with van der Waals surface area (Å²) in [6, 6.07) is 0.134. The third-order valence-electron chi connectivity index (χ3n) is 2.83. The molecule has 5 heteroatoms. The largest absolute Gasteiger partial charge is 0.351 e. The monoisotopic (exact) mass is 272 g/mol. The topological polar surface area (TPSA) is 43.4 Å². The maximum absolute atomic E-state index is 5.64. The summed E-state index contributed by atoms with van der Waals surface area (Å²) < 4.78 is 11.3. The lowest BCUT2D eigenvalue weighted by Crippen LogP contribution is -2.42. The first-order valence-electron chi connectivity index (χ1n) is 6.45. The number of nitrogens with one attached hydrogen (secondary N) is 1. The third kappa shape index (κ3) is 4.31. The second-order valence-corrected chi connectivity index (χ2v) is 5.42. The predicted octanol–water partition coefficient (Wildman–Crippen LogP) is 2.29. The molecule has 0 amide bonds. The molecule has 1 atom stereocenters. The summed E-state index contributed by atoms with van der Waals surface area (Å²) in [5.74, 6) is 0. The molecule has 104 valence electrons. The van der Waals surface area contributed by atoms with Gasteiger partial charge >= 0.3 is 0 Å². The lowest BCUT2D eigenvalue weighted by molar-refractivity contribution is -0.152. The van der Waals surface area contributed by atoms with Crippen molar-refractivity contribution in [2.24, 2.45) is 0 Å². The van der Waals surface area contributed by atoms with Crippen LogP contribution < -0.4 is 5.32 Å². The summed E-state index contributed by atoms with van der Waals surface area (Å²) in [6.45, 7) is 9.42. The molecule has 1 aromatic rings. The van der Waals surface area contributed by atoms with Gasteiger partial charge in [0.1, 0.15) is 0 Å². The van der Waals surface area contributed by atoms with E-state index in [0.717, 1.165) is 17.1 Å². The molecule has 0 spiro atoms. The minimum Gasteiger partial charge on any atom is -0.351 e. The van der Waals surface area contributed by atoms with Crippen molar-refractivity contribution in [2.45, 2.75) is 46.4 Å². The van der Waals surface area contributed by atoms with Crippen molar-refractivity contribution >= 4 is 11.3 Å². The van der Waals surface area contributed by atoms with Crippen LogP contribution in [-0.2, 0) is 15.9 Å². The number of thiazole rings is 1. The lowest BCUT2D eigenvalue weighted by Gasteiger charge is -2.25. The van der Waals surface area contributed by atoms with Crippen LogP contribution in [0, 0.1) is 13.8 Å². The highest BCUT2D eigenvalue weighted by molar-refractivity contribution is 7.11. The van der Waals surface area contributed by atoms with E-state index in [4.69, 9.17) is 9.47 Å². The third-order valence-corrected chi connectivity index (χ3v) is 3.92. The summed E-state index contributed by atoms with van der Waals surface area (Å²) in [5.41, 5.74) is 1.12. The molecule has 0 fully saturated rings. The zero-order valence-electron chi connectivity index (χ0n) is 11.9. The Hall–Kier alpha value is -0.490. The van der Waals surface area contributed by atoms with E-state index in [2.05, 4.69) is 17.2 Å². The van der Waals surface area contributed by atoms with Crippen LogP contribution in [0.4, 0.5) is 0 Å². The van der Waals surface area contributed by atoms with Gasteiger partial charge in [0.05, 0.1) is 16.7 Å². The first kappa shape index (κ1) is 15.6. The Morgan fingerprint density at radius 2 is 1.83 bits per heavy atom. The van der Waals surface area contributed by atoms with Crippen LogP contribution in [0.15, 0.2) is 0 Å². The van der Waals surface area contributed by atoms with Gasteiger partial charge in [-0.2, -0.15) is 0 Å². The van der Waals surface area contributed by atoms with Crippen LogP contribution in [0.5, 0.6) is 0 Å². The van der Waals surface area contributed by atoms with Gasteiger partial charge in [0.2, 0.25) is 0 Å². The fraction of sp³-hybridized carbons (Fsp3) is 0.769. The van der Waals surface area contributed by atoms with Crippen molar-refractivity contribution in [3.63, 3.8) is 0 Å². The Labute approximate surface area is 114 Å². The molecule has 1 unspecified atom stereocenters. The van der Waals surface area contributed by atoms with E-state index in [1.165, 1.54) is 4.88 Å². The zero-order chi connectivity index (χ0) is 13.5. The van der Waals surface area contributed by atoms with Crippen LogP contribution in [0.3, 0.4) is 0 Å². The Kier molecular flexibility index (Phi) is 6.78. The van der Waals surface area contributed by atoms with Gasteiger partial charge in [-0.25, -0.2) is 4.98 Å². The van der Waals surface area contributed by atoms with Gasteiger partial charge in [-0.05, 0) is 34.7 Å². The van der Waals surface area contributed by atoms with Gasteiger partial charge in [0, 0.05) is 24.5 Å². The van der Waals surface area contributed by atoms with Gasteiger partial charge < -0.3 is 14.8 Å². The number of hydrogen-bond acceptors (Lipinski definition) is 5. The molecule has 4 nitrogen and oxygen atoms in total. The van der Waals surface area contributed by atoms with Crippen LogP contribution in [0.2, 0.25) is 0 Å². The molecule has 0 aromatic carbocycles. The normalized spacial score (nSPS) is 13.2. The fourth-order valence-electron chi connectivity index (χ4n) is 1.76. The molecule has 0 saturated carbocycles. The van der Waals surface area contributed by atoms with Crippen molar-refractivity contribution in [3.05, 3.63) is 15.6 Å². The molecule has 0 aliphatic carbocycles. The number of rotatable bonds is 8. The Balaban J connectivity index is 2.69. The molecule has 0 bridgehead atoms. The quantitative estimate of drug-likeness (QED) is 0.737. The summed E-state index contributed by atoms with van der Waals surface area (Å²) in [4.78, 5) is 5.85. The van der Waals surface area contributed by atoms with E-state index in [1.54, 1.807) is 11.3 Å². The van der Waals surface area contributed by atoms with Crippen molar-refractivity contribution in [1.29, 1.82) is 0 Å². The van der Waals surface area contributed by atoms with Crippen LogP contribution in [0.1, 0.15) is 29.4 Å². The number of ether oxygens (including phenoxy) is 2. The number of hydrogen-bond donors (Lipinski definition) is 1. The molecule has 0 aliphatic heterocycles. The molecule has 0 radical (unpaired) electrons. The number of aryl methyl sites for hydroxylation is 2. The second kappa shape index (κ2) is 7.84. The first-order chi connectivity index (χ1) is 8.62. The van der Waals surface area contributed by atoms with Crippen molar-refractivity contribution < 1.29 is 9.47 Å². The summed E-state index contributed by atoms with van der Waals surface area (Å²) >= 11 is 1.75. The van der Waals surface area contributed by atoms with E-state index in [-0.39, 0.29) is 12.3 Å². The Morgan fingerprint density at radius 1 is 1.22 bits per heavy atom. The van der Waals surface area contributed by atoms with Crippen LogP contribution in [0.25, 0.3) is 0 Å². The highest BCUT2D eigenvalue weighted by atomic mass is 32.1. The number of likely N-dealkylation sites (N-methyl/N-ethyl adjacent to an activating group) is 1. The van der Waals surface area contributed by atoms with Crippen molar-refractivity contribution in [2.75, 3.05) is 20.3 Å². The van der Waals surface area contributed by atoms with Crippen molar-refractivity contribution in [1.82, 2.24) is 10.3 Å². The summed E-state index contributed by atoms with van der Waals surface area (Å²) in [5, 5.41) is 4.40. The highest BCUT2D eigenvalue weighted by Gasteiger charge is 2.22. The highest BCUT2D eigenvalue weighted by Crippen LogP contribution is 2.19. The maximum atomic E-state index is 5.64. The number of aromatic nitrogens is 1. The molecular weight excluding hydrogens is 248 g/mol.